The Bertz CT molecular complexity index is 882. The number of carbonyl (C=O) groups excluding carboxylic acids is 2. The summed E-state index contributed by atoms with van der Waals surface area (Å²) in [5.74, 6) is -0.411. The molecule has 0 radical (unpaired) electrons. The van der Waals surface area contributed by atoms with Gasteiger partial charge in [0.05, 0.1) is 20.4 Å². The molecule has 7 nitrogen and oxygen atoms in total. The fourth-order valence-electron chi connectivity index (χ4n) is 2.52. The third-order valence-electron chi connectivity index (χ3n) is 4.16. The molecule has 0 saturated carbocycles. The summed E-state index contributed by atoms with van der Waals surface area (Å²) < 4.78 is 23.4. The number of carbonyl (C=O) groups is 2. The highest BCUT2D eigenvalue weighted by Gasteiger charge is 2.24. The minimum Gasteiger partial charge on any atom is -0.497 e. The summed E-state index contributed by atoms with van der Waals surface area (Å²) in [7, 11) is 3.07. The van der Waals surface area contributed by atoms with Crippen molar-refractivity contribution < 1.29 is 23.5 Å². The molecule has 0 aliphatic carbocycles. The number of hydrogen-bond acceptors (Lipinski definition) is 5. The molecular formula is C21H24FN3O4. The predicted octanol–water partition coefficient (Wildman–Crippen LogP) is 2.75. The van der Waals surface area contributed by atoms with Gasteiger partial charge in [0.25, 0.3) is 11.8 Å². The number of methoxy groups -OCH3 is 2. The van der Waals surface area contributed by atoms with E-state index in [2.05, 4.69) is 15.8 Å². The van der Waals surface area contributed by atoms with E-state index in [1.165, 1.54) is 37.6 Å². The van der Waals surface area contributed by atoms with E-state index in [-0.39, 0.29) is 11.5 Å². The molecule has 0 spiro atoms. The first-order chi connectivity index (χ1) is 13.8. The Morgan fingerprint density at radius 2 is 1.76 bits per heavy atom. The maximum absolute atomic E-state index is 13.0. The van der Waals surface area contributed by atoms with Gasteiger partial charge >= 0.3 is 0 Å². The zero-order valence-corrected chi connectivity index (χ0v) is 16.7. The summed E-state index contributed by atoms with van der Waals surface area (Å²) in [6, 6.07) is 9.44. The number of amides is 2. The number of nitrogens with one attached hydrogen (secondary N) is 2. The Morgan fingerprint density at radius 1 is 1.07 bits per heavy atom. The minimum absolute atomic E-state index is 0.190. The van der Waals surface area contributed by atoms with Crippen molar-refractivity contribution in [3.63, 3.8) is 0 Å². The molecule has 154 valence electrons. The number of halogens is 1. The molecule has 0 bridgehead atoms. The zero-order chi connectivity index (χ0) is 21.4. The molecule has 2 N–H and O–H groups in total. The summed E-state index contributed by atoms with van der Waals surface area (Å²) >= 11 is 0. The van der Waals surface area contributed by atoms with Crippen LogP contribution in [-0.4, -0.2) is 38.3 Å². The molecule has 0 fully saturated rings. The van der Waals surface area contributed by atoms with Crippen LogP contribution >= 0.6 is 0 Å². The molecule has 2 rings (SSSR count). The molecule has 0 aliphatic rings. The van der Waals surface area contributed by atoms with Gasteiger partial charge in [-0.05, 0) is 42.3 Å². The minimum atomic E-state index is -0.817. The second kappa shape index (κ2) is 10.2. The predicted molar refractivity (Wildman–Crippen MR) is 108 cm³/mol. The topological polar surface area (TPSA) is 89.0 Å². The van der Waals surface area contributed by atoms with E-state index in [0.717, 1.165) is 0 Å². The second-order valence-electron chi connectivity index (χ2n) is 6.54. The molecule has 0 saturated heterocycles. The maximum atomic E-state index is 13.0. The number of benzene rings is 2. The van der Waals surface area contributed by atoms with Gasteiger partial charge in [-0.25, -0.2) is 9.82 Å². The Kier molecular flexibility index (Phi) is 7.70. The lowest BCUT2D eigenvalue weighted by atomic mass is 10.0. The Labute approximate surface area is 168 Å². The van der Waals surface area contributed by atoms with Crippen LogP contribution in [0.3, 0.4) is 0 Å². The first-order valence-electron chi connectivity index (χ1n) is 8.97. The van der Waals surface area contributed by atoms with Crippen LogP contribution < -0.4 is 20.2 Å². The van der Waals surface area contributed by atoms with E-state index in [9.17, 15) is 14.0 Å². The molecule has 0 aliphatic heterocycles. The van der Waals surface area contributed by atoms with E-state index >= 15 is 0 Å². The van der Waals surface area contributed by atoms with Gasteiger partial charge in [0.1, 0.15) is 23.4 Å². The smallest absolute Gasteiger partial charge is 0.262 e. The van der Waals surface area contributed by atoms with Crippen LogP contribution in [-0.2, 0) is 4.79 Å². The van der Waals surface area contributed by atoms with Gasteiger partial charge in [-0.1, -0.05) is 13.8 Å². The third kappa shape index (κ3) is 6.03. The van der Waals surface area contributed by atoms with Crippen LogP contribution in [0, 0.1) is 11.7 Å². The molecule has 1 unspecified atom stereocenters. The van der Waals surface area contributed by atoms with Crippen LogP contribution in [0.4, 0.5) is 4.39 Å². The first-order valence-corrected chi connectivity index (χ1v) is 8.97. The third-order valence-corrected chi connectivity index (χ3v) is 4.16. The van der Waals surface area contributed by atoms with Gasteiger partial charge in [-0.3, -0.25) is 9.59 Å². The van der Waals surface area contributed by atoms with Crippen molar-refractivity contribution in [2.45, 2.75) is 19.9 Å². The molecule has 1 atom stereocenters. The molecule has 2 aromatic rings. The standard InChI is InChI=1S/C21H24FN3O4/c1-13(2)19(24-20(26)14-5-8-16(22)9-6-14)21(27)25-23-12-15-7-10-17(28-3)11-18(15)29-4/h5-13,19H,1-4H3,(H,24,26)(H,25,27)/b23-12+. The number of hydrazone groups is 1. The van der Waals surface area contributed by atoms with Gasteiger partial charge in [0, 0.05) is 17.2 Å². The van der Waals surface area contributed by atoms with Crippen molar-refractivity contribution in [1.82, 2.24) is 10.7 Å². The van der Waals surface area contributed by atoms with Crippen LogP contribution in [0.5, 0.6) is 11.5 Å². The lowest BCUT2D eigenvalue weighted by molar-refractivity contribution is -0.123. The number of hydrogen-bond donors (Lipinski definition) is 2. The Hall–Kier alpha value is -3.42. The SMILES string of the molecule is COc1ccc(/C=N/NC(=O)C(NC(=O)c2ccc(F)cc2)C(C)C)c(OC)c1. The van der Waals surface area contributed by atoms with E-state index in [4.69, 9.17) is 9.47 Å². The Balaban J connectivity index is 2.05. The van der Waals surface area contributed by atoms with E-state index in [1.54, 1.807) is 39.2 Å². The molecule has 29 heavy (non-hydrogen) atoms. The van der Waals surface area contributed by atoms with Gasteiger partial charge in [-0.15, -0.1) is 0 Å². The second-order valence-corrected chi connectivity index (χ2v) is 6.54. The number of ether oxygens (including phenoxy) is 2. The largest absolute Gasteiger partial charge is 0.497 e. The van der Waals surface area contributed by atoms with Crippen molar-refractivity contribution in [2.75, 3.05) is 14.2 Å². The Morgan fingerprint density at radius 3 is 2.34 bits per heavy atom. The van der Waals surface area contributed by atoms with E-state index in [0.29, 0.717) is 17.1 Å². The van der Waals surface area contributed by atoms with Crippen molar-refractivity contribution in [2.24, 2.45) is 11.0 Å². The summed E-state index contributed by atoms with van der Waals surface area (Å²) in [5, 5.41) is 6.60. The zero-order valence-electron chi connectivity index (χ0n) is 16.7. The van der Waals surface area contributed by atoms with Gasteiger partial charge in [-0.2, -0.15) is 5.10 Å². The lowest BCUT2D eigenvalue weighted by Crippen LogP contribution is -2.48. The number of rotatable bonds is 8. The highest BCUT2D eigenvalue weighted by atomic mass is 19.1. The summed E-state index contributed by atoms with van der Waals surface area (Å²) in [6.45, 7) is 3.59. The van der Waals surface area contributed by atoms with Crippen molar-refractivity contribution >= 4 is 18.0 Å². The first kappa shape index (κ1) is 21.9. The average Bonchev–Trinajstić information content (AvgIpc) is 2.72. The fourth-order valence-corrected chi connectivity index (χ4v) is 2.52. The molecular weight excluding hydrogens is 377 g/mol. The van der Waals surface area contributed by atoms with Crippen LogP contribution in [0.2, 0.25) is 0 Å². The van der Waals surface area contributed by atoms with Crippen LogP contribution in [0.15, 0.2) is 47.6 Å². The maximum Gasteiger partial charge on any atom is 0.262 e. The lowest BCUT2D eigenvalue weighted by Gasteiger charge is -2.20. The molecule has 2 aromatic carbocycles. The quantitative estimate of drug-likeness (QED) is 0.526. The molecule has 8 heteroatoms. The summed E-state index contributed by atoms with van der Waals surface area (Å²) in [5.41, 5.74) is 3.33. The monoisotopic (exact) mass is 401 g/mol. The summed E-state index contributed by atoms with van der Waals surface area (Å²) in [4.78, 5) is 24.8. The van der Waals surface area contributed by atoms with Crippen molar-refractivity contribution in [3.05, 3.63) is 59.4 Å². The average molecular weight is 401 g/mol. The van der Waals surface area contributed by atoms with Gasteiger partial charge in [0.2, 0.25) is 0 Å². The van der Waals surface area contributed by atoms with Crippen molar-refractivity contribution in [3.8, 4) is 11.5 Å². The fraction of sp³-hybridized carbons (Fsp3) is 0.286. The number of nitrogens with zero attached hydrogens (tertiary/aromatic N) is 1. The van der Waals surface area contributed by atoms with E-state index in [1.807, 2.05) is 0 Å². The van der Waals surface area contributed by atoms with Crippen LogP contribution in [0.1, 0.15) is 29.8 Å². The van der Waals surface area contributed by atoms with Gasteiger partial charge in [0.15, 0.2) is 0 Å². The highest BCUT2D eigenvalue weighted by molar-refractivity contribution is 5.97. The van der Waals surface area contributed by atoms with Gasteiger partial charge < -0.3 is 14.8 Å². The highest BCUT2D eigenvalue weighted by Crippen LogP contribution is 2.23. The van der Waals surface area contributed by atoms with E-state index < -0.39 is 23.7 Å². The molecule has 2 amide bonds. The van der Waals surface area contributed by atoms with Crippen LogP contribution in [0.25, 0.3) is 0 Å². The van der Waals surface area contributed by atoms with Crippen molar-refractivity contribution in [1.29, 1.82) is 0 Å². The molecule has 0 aromatic heterocycles. The normalized spacial score (nSPS) is 11.9. The summed E-state index contributed by atoms with van der Waals surface area (Å²) in [6.07, 6.45) is 1.44. The molecule has 0 heterocycles.